The quantitative estimate of drug-likeness (QED) is 0.778. The summed E-state index contributed by atoms with van der Waals surface area (Å²) in [4.78, 5) is 11.9. The Morgan fingerprint density at radius 3 is 2.61 bits per heavy atom. The second-order valence-corrected chi connectivity index (χ2v) is 5.65. The van der Waals surface area contributed by atoms with Gasteiger partial charge in [0.1, 0.15) is 0 Å². The van der Waals surface area contributed by atoms with E-state index < -0.39 is 0 Å². The molecule has 0 saturated heterocycles. The monoisotopic (exact) mass is 303 g/mol. The van der Waals surface area contributed by atoms with Gasteiger partial charge in [-0.3, -0.25) is 4.79 Å². The summed E-state index contributed by atoms with van der Waals surface area (Å²) in [5, 5.41) is 0. The van der Waals surface area contributed by atoms with E-state index in [1.807, 2.05) is 18.2 Å². The highest BCUT2D eigenvalue weighted by Crippen LogP contribution is 2.28. The first-order valence-electron chi connectivity index (χ1n) is 6.17. The van der Waals surface area contributed by atoms with E-state index in [1.54, 1.807) is 0 Å². The largest absolute Gasteiger partial charge is 0.317 e. The van der Waals surface area contributed by atoms with Gasteiger partial charge in [0.25, 0.3) is 0 Å². The molecule has 0 spiro atoms. The molecule has 0 saturated carbocycles. The Balaban J connectivity index is 2.18. The van der Waals surface area contributed by atoms with Crippen molar-refractivity contribution in [2.24, 2.45) is 0 Å². The van der Waals surface area contributed by atoms with E-state index in [4.69, 9.17) is 0 Å². The van der Waals surface area contributed by atoms with Crippen LogP contribution in [0.15, 0.2) is 34.8 Å². The fourth-order valence-electron chi connectivity index (χ4n) is 2.68. The third-order valence-electron chi connectivity index (χ3n) is 3.49. The molecule has 0 fully saturated rings. The number of ketones is 1. The third kappa shape index (κ3) is 1.83. The van der Waals surface area contributed by atoms with Gasteiger partial charge in [-0.1, -0.05) is 15.9 Å². The number of aryl methyl sites for hydroxylation is 1. The third-order valence-corrected chi connectivity index (χ3v) is 4.02. The number of Topliss-reactive ketones (excluding diaryl/α,β-unsaturated/α-hetero) is 1. The summed E-state index contributed by atoms with van der Waals surface area (Å²) in [5.41, 5.74) is 4.36. The number of halogens is 1. The minimum absolute atomic E-state index is 0.287. The number of benzene rings is 1. The zero-order valence-corrected chi connectivity index (χ0v) is 11.8. The number of nitrogens with zero attached hydrogens (tertiary/aromatic N) is 1. The number of hydrogen-bond donors (Lipinski definition) is 0. The van der Waals surface area contributed by atoms with Crippen LogP contribution in [0.1, 0.15) is 34.6 Å². The van der Waals surface area contributed by atoms with E-state index in [1.165, 1.54) is 5.69 Å². The molecule has 1 aliphatic rings. The second kappa shape index (κ2) is 4.39. The van der Waals surface area contributed by atoms with Gasteiger partial charge >= 0.3 is 0 Å². The highest BCUT2D eigenvalue weighted by Gasteiger charge is 2.22. The number of hydrogen-bond acceptors (Lipinski definition) is 1. The Bertz CT molecular complexity index is 610. The van der Waals surface area contributed by atoms with Crippen LogP contribution in [-0.2, 0) is 6.42 Å². The van der Waals surface area contributed by atoms with Crippen molar-refractivity contribution in [1.29, 1.82) is 0 Å². The number of fused-ring (bicyclic) bond motifs is 1. The molecule has 0 aliphatic heterocycles. The Hall–Kier alpha value is -1.35. The summed E-state index contributed by atoms with van der Waals surface area (Å²) in [7, 11) is 0. The lowest BCUT2D eigenvalue weighted by Crippen LogP contribution is -2.12. The Morgan fingerprint density at radius 1 is 1.17 bits per heavy atom. The highest BCUT2D eigenvalue weighted by atomic mass is 79.9. The number of aromatic nitrogens is 1. The van der Waals surface area contributed by atoms with Gasteiger partial charge in [0.2, 0.25) is 0 Å². The van der Waals surface area contributed by atoms with Gasteiger partial charge in [-0.15, -0.1) is 0 Å². The van der Waals surface area contributed by atoms with Crippen LogP contribution in [-0.4, -0.2) is 10.4 Å². The fourth-order valence-corrected chi connectivity index (χ4v) is 2.94. The van der Waals surface area contributed by atoms with Gasteiger partial charge in [-0.2, -0.15) is 0 Å². The molecule has 1 aromatic carbocycles. The van der Waals surface area contributed by atoms with Crippen molar-refractivity contribution in [3.05, 3.63) is 51.8 Å². The van der Waals surface area contributed by atoms with Crippen LogP contribution < -0.4 is 0 Å². The van der Waals surface area contributed by atoms with Gasteiger partial charge in [0.05, 0.1) is 0 Å². The first-order chi connectivity index (χ1) is 8.66. The van der Waals surface area contributed by atoms with Gasteiger partial charge < -0.3 is 4.57 Å². The van der Waals surface area contributed by atoms with Crippen molar-refractivity contribution >= 4 is 21.7 Å². The standard InChI is InChI=1S/C15H14BrNO/c1-10-9-13-14(3-2-4-15(13)18)17(10)12-7-5-11(16)6-8-12/h5-9H,2-4H2,1H3. The molecule has 0 bridgehead atoms. The summed E-state index contributed by atoms with van der Waals surface area (Å²) in [6.07, 6.45) is 2.65. The molecular formula is C15H14BrNO. The molecule has 2 aromatic rings. The van der Waals surface area contributed by atoms with Gasteiger partial charge in [0.15, 0.2) is 5.78 Å². The van der Waals surface area contributed by atoms with Crippen molar-refractivity contribution in [1.82, 2.24) is 4.57 Å². The molecule has 92 valence electrons. The molecule has 1 heterocycles. The maximum Gasteiger partial charge on any atom is 0.164 e. The number of carbonyl (C=O) groups excluding carboxylic acids is 1. The van der Waals surface area contributed by atoms with Crippen molar-refractivity contribution in [3.8, 4) is 5.69 Å². The fraction of sp³-hybridized carbons (Fsp3) is 0.267. The average Bonchev–Trinajstić information content (AvgIpc) is 2.69. The lowest BCUT2D eigenvalue weighted by atomic mass is 9.96. The van der Waals surface area contributed by atoms with Crippen LogP contribution in [0, 0.1) is 6.92 Å². The average molecular weight is 304 g/mol. The van der Waals surface area contributed by atoms with Crippen molar-refractivity contribution in [2.75, 3.05) is 0 Å². The second-order valence-electron chi connectivity index (χ2n) is 4.73. The molecular weight excluding hydrogens is 290 g/mol. The Morgan fingerprint density at radius 2 is 1.89 bits per heavy atom. The predicted octanol–water partition coefficient (Wildman–Crippen LogP) is 4.07. The first kappa shape index (κ1) is 11.7. The van der Waals surface area contributed by atoms with Crippen LogP contribution in [0.2, 0.25) is 0 Å². The number of carbonyl (C=O) groups is 1. The van der Waals surface area contributed by atoms with Gasteiger partial charge in [-0.05, 0) is 50.1 Å². The van der Waals surface area contributed by atoms with Crippen molar-refractivity contribution in [2.45, 2.75) is 26.2 Å². The molecule has 0 radical (unpaired) electrons. The molecule has 0 N–H and O–H groups in total. The van der Waals surface area contributed by atoms with Crippen molar-refractivity contribution in [3.63, 3.8) is 0 Å². The topological polar surface area (TPSA) is 22.0 Å². The maximum absolute atomic E-state index is 11.9. The predicted molar refractivity (Wildman–Crippen MR) is 75.5 cm³/mol. The van der Waals surface area contributed by atoms with Crippen LogP contribution in [0.25, 0.3) is 5.69 Å². The molecule has 0 unspecified atom stereocenters. The van der Waals surface area contributed by atoms with Gasteiger partial charge in [-0.25, -0.2) is 0 Å². The summed E-state index contributed by atoms with van der Waals surface area (Å²) >= 11 is 3.45. The molecule has 1 aromatic heterocycles. The normalized spacial score (nSPS) is 14.7. The molecule has 3 rings (SSSR count). The van der Waals surface area contributed by atoms with E-state index >= 15 is 0 Å². The Kier molecular flexibility index (Phi) is 2.86. The SMILES string of the molecule is Cc1cc2c(n1-c1ccc(Br)cc1)CCCC2=O. The summed E-state index contributed by atoms with van der Waals surface area (Å²) in [5.74, 6) is 0.287. The van der Waals surface area contributed by atoms with E-state index in [-0.39, 0.29) is 5.78 Å². The minimum Gasteiger partial charge on any atom is -0.317 e. The van der Waals surface area contributed by atoms with E-state index in [9.17, 15) is 4.79 Å². The smallest absolute Gasteiger partial charge is 0.164 e. The molecule has 18 heavy (non-hydrogen) atoms. The zero-order chi connectivity index (χ0) is 12.7. The Labute approximate surface area is 115 Å². The maximum atomic E-state index is 11.9. The van der Waals surface area contributed by atoms with Crippen LogP contribution in [0.5, 0.6) is 0 Å². The molecule has 2 nitrogen and oxygen atoms in total. The lowest BCUT2D eigenvalue weighted by molar-refractivity contribution is 0.0972. The molecule has 3 heteroatoms. The van der Waals surface area contributed by atoms with E-state index in [0.29, 0.717) is 6.42 Å². The van der Waals surface area contributed by atoms with Crippen LogP contribution in [0.4, 0.5) is 0 Å². The van der Waals surface area contributed by atoms with Crippen LogP contribution >= 0.6 is 15.9 Å². The van der Waals surface area contributed by atoms with E-state index in [2.05, 4.69) is 39.6 Å². The zero-order valence-electron chi connectivity index (χ0n) is 10.2. The molecule has 1 aliphatic carbocycles. The van der Waals surface area contributed by atoms with Crippen molar-refractivity contribution < 1.29 is 4.79 Å². The first-order valence-corrected chi connectivity index (χ1v) is 6.96. The van der Waals surface area contributed by atoms with Gasteiger partial charge in [0, 0.05) is 33.5 Å². The van der Waals surface area contributed by atoms with E-state index in [0.717, 1.165) is 34.3 Å². The summed E-state index contributed by atoms with van der Waals surface area (Å²) in [6.45, 7) is 2.06. The highest BCUT2D eigenvalue weighted by molar-refractivity contribution is 9.10. The molecule has 0 amide bonds. The van der Waals surface area contributed by atoms with Crippen LogP contribution in [0.3, 0.4) is 0 Å². The summed E-state index contributed by atoms with van der Waals surface area (Å²) < 4.78 is 3.28. The lowest BCUT2D eigenvalue weighted by Gasteiger charge is -2.16. The minimum atomic E-state index is 0.287. The number of rotatable bonds is 1. The summed E-state index contributed by atoms with van der Waals surface area (Å²) in [6, 6.07) is 10.3. The molecule has 0 atom stereocenters.